The van der Waals surface area contributed by atoms with Crippen molar-refractivity contribution in [3.8, 4) is 5.69 Å². The van der Waals surface area contributed by atoms with E-state index in [4.69, 9.17) is 5.73 Å². The van der Waals surface area contributed by atoms with Gasteiger partial charge in [-0.05, 0) is 37.2 Å². The third-order valence-electron chi connectivity index (χ3n) is 3.25. The summed E-state index contributed by atoms with van der Waals surface area (Å²) in [5.41, 5.74) is 8.37. The van der Waals surface area contributed by atoms with Crippen LogP contribution >= 0.6 is 0 Å². The molecule has 0 fully saturated rings. The highest BCUT2D eigenvalue weighted by Gasteiger charge is 2.24. The van der Waals surface area contributed by atoms with Crippen molar-refractivity contribution in [1.82, 2.24) is 9.78 Å². The van der Waals surface area contributed by atoms with Crippen molar-refractivity contribution in [2.24, 2.45) is 5.73 Å². The third kappa shape index (κ3) is 3.61. The Kier molecular flexibility index (Phi) is 4.63. The molecule has 0 saturated carbocycles. The van der Waals surface area contributed by atoms with Crippen molar-refractivity contribution in [3.63, 3.8) is 0 Å². The van der Waals surface area contributed by atoms with E-state index in [-0.39, 0.29) is 11.2 Å². The highest BCUT2D eigenvalue weighted by Crippen LogP contribution is 2.31. The Labute approximate surface area is 125 Å². The summed E-state index contributed by atoms with van der Waals surface area (Å²) >= 11 is 0. The Morgan fingerprint density at radius 1 is 1.24 bits per heavy atom. The number of nitrogens with two attached hydrogens (primary N) is 1. The smallest absolute Gasteiger partial charge is 0.123 e. The molecule has 1 aromatic carbocycles. The Hall–Kier alpha value is -1.88. The summed E-state index contributed by atoms with van der Waals surface area (Å²) in [6.07, 6.45) is 2.73. The number of benzene rings is 1. The summed E-state index contributed by atoms with van der Waals surface area (Å²) in [5, 5.41) is 7.85. The van der Waals surface area contributed by atoms with Crippen molar-refractivity contribution in [2.75, 3.05) is 18.4 Å². The van der Waals surface area contributed by atoms with Crippen LogP contribution in [0.2, 0.25) is 0 Å². The largest absolute Gasteiger partial charge is 0.382 e. The third-order valence-corrected chi connectivity index (χ3v) is 3.25. The van der Waals surface area contributed by atoms with E-state index in [1.54, 1.807) is 12.1 Å². The molecular weight excluding hydrogens is 267 g/mol. The molecule has 4 nitrogen and oxygen atoms in total. The molecule has 2 rings (SSSR count). The highest BCUT2D eigenvalue weighted by molar-refractivity contribution is 5.53. The summed E-state index contributed by atoms with van der Waals surface area (Å²) < 4.78 is 15.0. The van der Waals surface area contributed by atoms with Gasteiger partial charge in [0, 0.05) is 12.0 Å². The quantitative estimate of drug-likeness (QED) is 0.832. The molecule has 0 aliphatic rings. The van der Waals surface area contributed by atoms with Gasteiger partial charge in [0.05, 0.1) is 23.3 Å². The number of nitrogens with zero attached hydrogens (tertiary/aromatic N) is 2. The van der Waals surface area contributed by atoms with Crippen molar-refractivity contribution < 1.29 is 4.39 Å². The predicted octanol–water partition coefficient (Wildman–Crippen LogP) is 3.07. The maximum atomic E-state index is 13.1. The van der Waals surface area contributed by atoms with Crippen LogP contribution in [0.5, 0.6) is 0 Å². The Morgan fingerprint density at radius 3 is 2.48 bits per heavy atom. The van der Waals surface area contributed by atoms with E-state index < -0.39 is 0 Å². The molecule has 114 valence electrons. The van der Waals surface area contributed by atoms with Crippen LogP contribution in [-0.2, 0) is 5.41 Å². The predicted molar refractivity (Wildman–Crippen MR) is 84.4 cm³/mol. The van der Waals surface area contributed by atoms with Gasteiger partial charge in [-0.2, -0.15) is 5.10 Å². The molecule has 2 aromatic rings. The first-order valence-electron chi connectivity index (χ1n) is 7.22. The highest BCUT2D eigenvalue weighted by atomic mass is 19.1. The number of rotatable bonds is 5. The Balaban J connectivity index is 2.39. The van der Waals surface area contributed by atoms with Crippen LogP contribution in [0.25, 0.3) is 5.69 Å². The average molecular weight is 290 g/mol. The van der Waals surface area contributed by atoms with Gasteiger partial charge in [0.1, 0.15) is 5.82 Å². The Bertz CT molecular complexity index is 581. The van der Waals surface area contributed by atoms with E-state index in [9.17, 15) is 4.39 Å². The molecule has 0 atom stereocenters. The van der Waals surface area contributed by atoms with Gasteiger partial charge >= 0.3 is 0 Å². The van der Waals surface area contributed by atoms with Gasteiger partial charge in [-0.1, -0.05) is 20.8 Å². The van der Waals surface area contributed by atoms with Crippen molar-refractivity contribution in [1.29, 1.82) is 0 Å². The maximum Gasteiger partial charge on any atom is 0.123 e. The van der Waals surface area contributed by atoms with Crippen molar-refractivity contribution in [3.05, 3.63) is 42.0 Å². The normalized spacial score (nSPS) is 11.7. The van der Waals surface area contributed by atoms with Crippen LogP contribution in [0.3, 0.4) is 0 Å². The number of anilines is 1. The fraction of sp³-hybridized carbons (Fsp3) is 0.438. The monoisotopic (exact) mass is 290 g/mol. The fourth-order valence-electron chi connectivity index (χ4n) is 2.30. The zero-order valence-electron chi connectivity index (χ0n) is 12.9. The van der Waals surface area contributed by atoms with Crippen LogP contribution < -0.4 is 11.1 Å². The summed E-state index contributed by atoms with van der Waals surface area (Å²) in [7, 11) is 0. The van der Waals surface area contributed by atoms with E-state index >= 15 is 0 Å². The molecule has 3 N–H and O–H groups in total. The van der Waals surface area contributed by atoms with Gasteiger partial charge in [-0.3, -0.25) is 0 Å². The summed E-state index contributed by atoms with van der Waals surface area (Å²) in [6.45, 7) is 7.88. The first-order chi connectivity index (χ1) is 9.93. The number of nitrogens with one attached hydrogen (secondary N) is 1. The lowest BCUT2D eigenvalue weighted by molar-refractivity contribution is 0.544. The summed E-state index contributed by atoms with van der Waals surface area (Å²) in [6, 6.07) is 6.37. The van der Waals surface area contributed by atoms with Crippen LogP contribution in [0, 0.1) is 5.82 Å². The van der Waals surface area contributed by atoms with Gasteiger partial charge in [0.15, 0.2) is 0 Å². The van der Waals surface area contributed by atoms with E-state index in [0.717, 1.165) is 30.0 Å². The topological polar surface area (TPSA) is 55.9 Å². The van der Waals surface area contributed by atoms with E-state index in [2.05, 4.69) is 31.2 Å². The number of hydrogen-bond donors (Lipinski definition) is 2. The van der Waals surface area contributed by atoms with Gasteiger partial charge in [-0.25, -0.2) is 9.07 Å². The average Bonchev–Trinajstić information content (AvgIpc) is 2.84. The number of aromatic nitrogens is 2. The molecule has 1 aromatic heterocycles. The molecule has 0 spiro atoms. The zero-order valence-corrected chi connectivity index (χ0v) is 12.9. The summed E-state index contributed by atoms with van der Waals surface area (Å²) in [5.74, 6) is -0.246. The molecule has 21 heavy (non-hydrogen) atoms. The molecular formula is C16H23FN4. The van der Waals surface area contributed by atoms with Gasteiger partial charge < -0.3 is 11.1 Å². The van der Waals surface area contributed by atoms with Crippen molar-refractivity contribution >= 4 is 5.69 Å². The second kappa shape index (κ2) is 6.26. The maximum absolute atomic E-state index is 13.1. The molecule has 0 aliphatic carbocycles. The van der Waals surface area contributed by atoms with E-state index in [0.29, 0.717) is 6.54 Å². The van der Waals surface area contributed by atoms with Crippen LogP contribution in [0.1, 0.15) is 32.9 Å². The standard InChI is InChI=1S/C16H23FN4/c1-16(2,3)15-14(19-10-4-9-18)11-20-21(15)13-7-5-12(17)6-8-13/h5-8,11,19H,4,9-10,18H2,1-3H3. The minimum atomic E-state index is -0.246. The zero-order chi connectivity index (χ0) is 15.5. The molecule has 0 radical (unpaired) electrons. The minimum absolute atomic E-state index is 0.0874. The van der Waals surface area contributed by atoms with E-state index in [1.165, 1.54) is 12.1 Å². The second-order valence-electron chi connectivity index (χ2n) is 6.11. The first-order valence-corrected chi connectivity index (χ1v) is 7.22. The molecule has 5 heteroatoms. The van der Waals surface area contributed by atoms with Gasteiger partial charge in [0.2, 0.25) is 0 Å². The minimum Gasteiger partial charge on any atom is -0.382 e. The van der Waals surface area contributed by atoms with Gasteiger partial charge in [0.25, 0.3) is 0 Å². The SMILES string of the molecule is CC(C)(C)c1c(NCCCN)cnn1-c1ccc(F)cc1. The fourth-order valence-corrected chi connectivity index (χ4v) is 2.30. The summed E-state index contributed by atoms with van der Waals surface area (Å²) in [4.78, 5) is 0. The lowest BCUT2D eigenvalue weighted by Gasteiger charge is -2.23. The van der Waals surface area contributed by atoms with Crippen LogP contribution in [0.15, 0.2) is 30.5 Å². The van der Waals surface area contributed by atoms with Crippen molar-refractivity contribution in [2.45, 2.75) is 32.6 Å². The molecule has 0 saturated heterocycles. The second-order valence-corrected chi connectivity index (χ2v) is 6.11. The molecule has 0 unspecified atom stereocenters. The number of hydrogen-bond acceptors (Lipinski definition) is 3. The van der Waals surface area contributed by atoms with E-state index in [1.807, 2.05) is 10.9 Å². The Morgan fingerprint density at radius 2 is 1.90 bits per heavy atom. The number of halogens is 1. The lowest BCUT2D eigenvalue weighted by Crippen LogP contribution is -2.20. The van der Waals surface area contributed by atoms with Gasteiger partial charge in [-0.15, -0.1) is 0 Å². The first kappa shape index (κ1) is 15.5. The van der Waals surface area contributed by atoms with Crippen LogP contribution in [0.4, 0.5) is 10.1 Å². The molecule has 0 amide bonds. The molecule has 1 heterocycles. The molecule has 0 aliphatic heterocycles. The molecule has 0 bridgehead atoms. The lowest BCUT2D eigenvalue weighted by atomic mass is 9.91. The van der Waals surface area contributed by atoms with Crippen LogP contribution in [-0.4, -0.2) is 22.9 Å².